The monoisotopic (exact) mass is 490 g/mol. The van der Waals surface area contributed by atoms with Crippen molar-refractivity contribution < 1.29 is 19.1 Å². The van der Waals surface area contributed by atoms with E-state index in [4.69, 9.17) is 9.47 Å². The van der Waals surface area contributed by atoms with Crippen molar-refractivity contribution in [2.45, 2.75) is 0 Å². The van der Waals surface area contributed by atoms with Crippen molar-refractivity contribution in [2.75, 3.05) is 19.1 Å². The van der Waals surface area contributed by atoms with Crippen LogP contribution >= 0.6 is 15.9 Å². The van der Waals surface area contributed by atoms with Gasteiger partial charge in [-0.15, -0.1) is 0 Å². The lowest BCUT2D eigenvalue weighted by molar-refractivity contribution is -0.113. The molecule has 0 radical (unpaired) electrons. The van der Waals surface area contributed by atoms with Gasteiger partial charge in [0.2, 0.25) is 0 Å². The molecule has 32 heavy (non-hydrogen) atoms. The topological polar surface area (TPSA) is 68.2 Å². The molecule has 1 amide bonds. The summed E-state index contributed by atoms with van der Waals surface area (Å²) < 4.78 is 10.9. The highest BCUT2D eigenvalue weighted by Gasteiger charge is 2.32. The molecular formula is C25H19BrN2O4. The SMILES string of the molecule is COC(=O)c1ccc(/C=C2/N=C(c3ccc(Br)cc3)N(c3ccc(OC)cc3)C2=O)cc1. The quantitative estimate of drug-likeness (QED) is 0.369. The van der Waals surface area contributed by atoms with Crippen molar-refractivity contribution in [2.24, 2.45) is 4.99 Å². The fourth-order valence-corrected chi connectivity index (χ4v) is 3.54. The van der Waals surface area contributed by atoms with Gasteiger partial charge >= 0.3 is 5.97 Å². The minimum absolute atomic E-state index is 0.245. The summed E-state index contributed by atoms with van der Waals surface area (Å²) in [6.07, 6.45) is 1.70. The molecule has 0 spiro atoms. The van der Waals surface area contributed by atoms with E-state index in [1.807, 2.05) is 36.4 Å². The summed E-state index contributed by atoms with van der Waals surface area (Å²) in [4.78, 5) is 31.3. The highest BCUT2D eigenvalue weighted by Crippen LogP contribution is 2.29. The number of amides is 1. The first-order valence-electron chi connectivity index (χ1n) is 9.73. The third kappa shape index (κ3) is 4.33. The van der Waals surface area contributed by atoms with Crippen LogP contribution in [0.1, 0.15) is 21.5 Å². The number of esters is 1. The van der Waals surface area contributed by atoms with Crippen molar-refractivity contribution in [1.82, 2.24) is 0 Å². The minimum Gasteiger partial charge on any atom is -0.497 e. The van der Waals surface area contributed by atoms with Crippen LogP contribution in [0.25, 0.3) is 6.08 Å². The normalized spacial score (nSPS) is 14.5. The van der Waals surface area contributed by atoms with Crippen molar-refractivity contribution in [3.63, 3.8) is 0 Å². The highest BCUT2D eigenvalue weighted by atomic mass is 79.9. The molecule has 0 atom stereocenters. The molecular weight excluding hydrogens is 472 g/mol. The van der Waals surface area contributed by atoms with E-state index in [9.17, 15) is 9.59 Å². The van der Waals surface area contributed by atoms with E-state index in [0.717, 1.165) is 15.6 Å². The predicted octanol–water partition coefficient (Wildman–Crippen LogP) is 5.08. The standard InChI is InChI=1S/C25H19BrN2O4/c1-31-21-13-11-20(12-14-21)28-23(17-7-9-19(26)10-8-17)27-22(24(28)29)15-16-3-5-18(6-4-16)25(30)32-2/h3-15H,1-2H3/b22-15+. The number of nitrogens with zero attached hydrogens (tertiary/aromatic N) is 2. The number of benzene rings is 3. The van der Waals surface area contributed by atoms with Crippen LogP contribution < -0.4 is 9.64 Å². The summed E-state index contributed by atoms with van der Waals surface area (Å²) in [5.41, 5.74) is 2.97. The maximum absolute atomic E-state index is 13.4. The third-order valence-electron chi connectivity index (χ3n) is 4.93. The lowest BCUT2D eigenvalue weighted by atomic mass is 10.1. The smallest absolute Gasteiger partial charge is 0.337 e. The first-order chi connectivity index (χ1) is 15.5. The molecule has 3 aromatic carbocycles. The van der Waals surface area contributed by atoms with E-state index in [0.29, 0.717) is 28.5 Å². The number of ether oxygens (including phenoxy) is 2. The summed E-state index contributed by atoms with van der Waals surface area (Å²) in [6, 6.07) is 21.7. The van der Waals surface area contributed by atoms with E-state index in [1.54, 1.807) is 54.5 Å². The van der Waals surface area contributed by atoms with Crippen LogP contribution in [0.3, 0.4) is 0 Å². The molecule has 7 heteroatoms. The molecule has 4 rings (SSSR count). The number of amidine groups is 1. The molecule has 160 valence electrons. The van der Waals surface area contributed by atoms with Gasteiger partial charge < -0.3 is 9.47 Å². The lowest BCUT2D eigenvalue weighted by Crippen LogP contribution is -2.32. The Bertz CT molecular complexity index is 1210. The molecule has 1 heterocycles. The van der Waals surface area contributed by atoms with E-state index in [1.165, 1.54) is 7.11 Å². The first-order valence-corrected chi connectivity index (χ1v) is 10.5. The molecule has 6 nitrogen and oxygen atoms in total. The van der Waals surface area contributed by atoms with E-state index in [2.05, 4.69) is 20.9 Å². The Balaban J connectivity index is 1.74. The molecule has 3 aromatic rings. The minimum atomic E-state index is -0.414. The van der Waals surface area contributed by atoms with Gasteiger partial charge in [-0.3, -0.25) is 9.69 Å². The second-order valence-corrected chi connectivity index (χ2v) is 7.84. The average molecular weight is 491 g/mol. The van der Waals surface area contributed by atoms with Crippen molar-refractivity contribution >= 4 is 45.4 Å². The molecule has 0 saturated heterocycles. The number of carbonyl (C=O) groups excluding carboxylic acids is 2. The summed E-state index contributed by atoms with van der Waals surface area (Å²) in [5, 5.41) is 0. The van der Waals surface area contributed by atoms with Gasteiger partial charge in [-0.25, -0.2) is 9.79 Å². The Morgan fingerprint density at radius 2 is 1.59 bits per heavy atom. The van der Waals surface area contributed by atoms with Gasteiger partial charge in [0.1, 0.15) is 17.3 Å². The highest BCUT2D eigenvalue weighted by molar-refractivity contribution is 9.10. The number of anilines is 1. The predicted molar refractivity (Wildman–Crippen MR) is 127 cm³/mol. The first kappa shape index (κ1) is 21.5. The Morgan fingerprint density at radius 1 is 0.938 bits per heavy atom. The number of hydrogen-bond donors (Lipinski definition) is 0. The molecule has 0 aliphatic carbocycles. The number of halogens is 1. The van der Waals surface area contributed by atoms with Crippen LogP contribution in [0.5, 0.6) is 5.75 Å². The summed E-state index contributed by atoms with van der Waals surface area (Å²) >= 11 is 3.44. The zero-order valence-corrected chi connectivity index (χ0v) is 19.0. The Kier molecular flexibility index (Phi) is 6.18. The van der Waals surface area contributed by atoms with Gasteiger partial charge in [0.15, 0.2) is 0 Å². The second-order valence-electron chi connectivity index (χ2n) is 6.92. The average Bonchev–Trinajstić information content (AvgIpc) is 3.15. The third-order valence-corrected chi connectivity index (χ3v) is 5.46. The van der Waals surface area contributed by atoms with Crippen molar-refractivity contribution in [3.05, 3.63) is 99.7 Å². The van der Waals surface area contributed by atoms with Gasteiger partial charge in [-0.05, 0) is 60.2 Å². The Labute approximate surface area is 193 Å². The lowest BCUT2D eigenvalue weighted by Gasteiger charge is -2.19. The van der Waals surface area contributed by atoms with Gasteiger partial charge in [0, 0.05) is 10.0 Å². The van der Waals surface area contributed by atoms with E-state index < -0.39 is 5.97 Å². The molecule has 0 fully saturated rings. The van der Waals surface area contributed by atoms with Gasteiger partial charge in [-0.2, -0.15) is 0 Å². The maximum Gasteiger partial charge on any atom is 0.337 e. The fraction of sp³-hybridized carbons (Fsp3) is 0.0800. The van der Waals surface area contributed by atoms with E-state index >= 15 is 0 Å². The summed E-state index contributed by atoms with van der Waals surface area (Å²) in [6.45, 7) is 0. The van der Waals surface area contributed by atoms with Gasteiger partial charge in [0.25, 0.3) is 5.91 Å². The molecule has 0 aromatic heterocycles. The molecule has 1 aliphatic rings. The number of carbonyl (C=O) groups is 2. The van der Waals surface area contributed by atoms with E-state index in [-0.39, 0.29) is 5.91 Å². The fourth-order valence-electron chi connectivity index (χ4n) is 3.27. The van der Waals surface area contributed by atoms with Crippen molar-refractivity contribution in [1.29, 1.82) is 0 Å². The Morgan fingerprint density at radius 3 is 2.19 bits per heavy atom. The van der Waals surface area contributed by atoms with Crippen LogP contribution in [0, 0.1) is 0 Å². The zero-order valence-electron chi connectivity index (χ0n) is 17.4. The van der Waals surface area contributed by atoms with Crippen molar-refractivity contribution in [3.8, 4) is 5.75 Å². The van der Waals surface area contributed by atoms with Gasteiger partial charge in [-0.1, -0.05) is 40.2 Å². The van der Waals surface area contributed by atoms with Crippen LogP contribution in [0.4, 0.5) is 5.69 Å². The Hall–Kier alpha value is -3.71. The molecule has 0 saturated carbocycles. The van der Waals surface area contributed by atoms with Gasteiger partial charge in [0.05, 0.1) is 25.5 Å². The number of hydrogen-bond acceptors (Lipinski definition) is 5. The number of rotatable bonds is 5. The molecule has 0 N–H and O–H groups in total. The van der Waals surface area contributed by atoms with Crippen LogP contribution in [-0.4, -0.2) is 31.9 Å². The molecule has 0 bridgehead atoms. The second kappa shape index (κ2) is 9.20. The summed E-state index contributed by atoms with van der Waals surface area (Å²) in [5.74, 6) is 0.571. The number of methoxy groups -OCH3 is 2. The maximum atomic E-state index is 13.4. The zero-order chi connectivity index (χ0) is 22.7. The van der Waals surface area contributed by atoms with Crippen LogP contribution in [-0.2, 0) is 9.53 Å². The van der Waals surface area contributed by atoms with Crippen LogP contribution in [0.15, 0.2) is 88.0 Å². The molecule has 0 unspecified atom stereocenters. The molecule has 1 aliphatic heterocycles. The van der Waals surface area contributed by atoms with Crippen LogP contribution in [0.2, 0.25) is 0 Å². The largest absolute Gasteiger partial charge is 0.497 e. The summed E-state index contributed by atoms with van der Waals surface area (Å²) in [7, 11) is 2.93. The number of aliphatic imine (C=N–C) groups is 1.